The molecule has 2 unspecified atom stereocenters. The summed E-state index contributed by atoms with van der Waals surface area (Å²) in [5.74, 6) is 1.98. The molecule has 2 atom stereocenters. The summed E-state index contributed by atoms with van der Waals surface area (Å²) in [7, 11) is 0. The molecule has 2 nitrogen and oxygen atoms in total. The van der Waals surface area contributed by atoms with Crippen molar-refractivity contribution in [3.05, 3.63) is 17.6 Å². The highest BCUT2D eigenvalue weighted by atomic mass is 32.2. The van der Waals surface area contributed by atoms with Crippen LogP contribution in [0.3, 0.4) is 0 Å². The first kappa shape index (κ1) is 11.1. The fourth-order valence-electron chi connectivity index (χ4n) is 2.03. The van der Waals surface area contributed by atoms with Crippen LogP contribution in [-0.2, 0) is 4.74 Å². The van der Waals surface area contributed by atoms with Gasteiger partial charge in [0.25, 0.3) is 0 Å². The molecule has 0 amide bonds. The minimum atomic E-state index is -0.0690. The smallest absolute Gasteiger partial charge is 0.115 e. The Morgan fingerprint density at radius 3 is 2.67 bits per heavy atom. The van der Waals surface area contributed by atoms with Crippen molar-refractivity contribution in [2.75, 3.05) is 0 Å². The molecule has 0 saturated carbocycles. The molecule has 2 heterocycles. The van der Waals surface area contributed by atoms with Crippen molar-refractivity contribution in [3.8, 4) is 0 Å². The molecule has 1 aromatic heterocycles. The largest absolute Gasteiger partial charge is 0.465 e. The van der Waals surface area contributed by atoms with Gasteiger partial charge in [-0.3, -0.25) is 0 Å². The maximum absolute atomic E-state index is 5.94. The van der Waals surface area contributed by atoms with E-state index in [0.717, 1.165) is 24.4 Å². The summed E-state index contributed by atoms with van der Waals surface area (Å²) >= 11 is 1.79. The van der Waals surface area contributed by atoms with Crippen LogP contribution in [0.15, 0.2) is 15.4 Å². The summed E-state index contributed by atoms with van der Waals surface area (Å²) in [6, 6.07) is 2.09. The van der Waals surface area contributed by atoms with Gasteiger partial charge in [-0.1, -0.05) is 11.8 Å². The molecule has 1 saturated heterocycles. The summed E-state index contributed by atoms with van der Waals surface area (Å²) in [6.07, 6.45) is 2.65. The lowest BCUT2D eigenvalue weighted by Crippen LogP contribution is -2.19. The van der Waals surface area contributed by atoms with Gasteiger partial charge < -0.3 is 9.15 Å². The van der Waals surface area contributed by atoms with E-state index in [1.165, 1.54) is 4.90 Å². The molecule has 0 N–H and O–H groups in total. The van der Waals surface area contributed by atoms with Gasteiger partial charge in [-0.25, -0.2) is 0 Å². The van der Waals surface area contributed by atoms with E-state index in [1.54, 1.807) is 11.8 Å². The van der Waals surface area contributed by atoms with E-state index in [0.29, 0.717) is 6.10 Å². The third kappa shape index (κ3) is 2.40. The van der Waals surface area contributed by atoms with Crippen LogP contribution in [0.2, 0.25) is 0 Å². The third-order valence-electron chi connectivity index (χ3n) is 2.78. The highest BCUT2D eigenvalue weighted by Crippen LogP contribution is 2.44. The first-order valence-corrected chi connectivity index (χ1v) is 6.24. The van der Waals surface area contributed by atoms with Crippen LogP contribution in [0.4, 0.5) is 0 Å². The predicted octanol–water partition coefficient (Wildman–Crippen LogP) is 3.90. The maximum Gasteiger partial charge on any atom is 0.115 e. The van der Waals surface area contributed by atoms with Gasteiger partial charge >= 0.3 is 0 Å². The van der Waals surface area contributed by atoms with Crippen molar-refractivity contribution < 1.29 is 9.15 Å². The zero-order valence-corrected chi connectivity index (χ0v) is 10.6. The van der Waals surface area contributed by atoms with Gasteiger partial charge in [0.2, 0.25) is 0 Å². The van der Waals surface area contributed by atoms with E-state index in [1.807, 2.05) is 13.8 Å². The highest BCUT2D eigenvalue weighted by Gasteiger charge is 2.35. The number of hydrogen-bond donors (Lipinski definition) is 0. The number of rotatable bonds is 2. The SMILES string of the molecule is Cc1cc(SC2(C)CCC(C)O2)c(C)o1. The number of thioether (sulfide) groups is 1. The normalized spacial score (nSPS) is 31.1. The Bertz CT molecular complexity index is 359. The van der Waals surface area contributed by atoms with E-state index in [2.05, 4.69) is 19.9 Å². The molecule has 0 radical (unpaired) electrons. The van der Waals surface area contributed by atoms with Gasteiger partial charge in [-0.2, -0.15) is 0 Å². The van der Waals surface area contributed by atoms with Crippen molar-refractivity contribution in [2.24, 2.45) is 0 Å². The Labute approximate surface area is 95.4 Å². The molecule has 0 spiro atoms. The van der Waals surface area contributed by atoms with Crippen molar-refractivity contribution >= 4 is 11.8 Å². The fraction of sp³-hybridized carbons (Fsp3) is 0.667. The van der Waals surface area contributed by atoms with Crippen LogP contribution in [0, 0.1) is 13.8 Å². The maximum atomic E-state index is 5.94. The summed E-state index contributed by atoms with van der Waals surface area (Å²) in [5.41, 5.74) is 0. The lowest BCUT2D eigenvalue weighted by atomic mass is 10.2. The van der Waals surface area contributed by atoms with E-state index in [-0.39, 0.29) is 4.93 Å². The molecule has 1 aromatic rings. The quantitative estimate of drug-likeness (QED) is 0.763. The molecular formula is C12H18O2S. The Hall–Kier alpha value is -0.410. The van der Waals surface area contributed by atoms with E-state index < -0.39 is 0 Å². The molecule has 1 aliphatic heterocycles. The standard InChI is InChI=1S/C12H18O2S/c1-8-5-6-12(4,14-8)15-11-7-9(2)13-10(11)3/h7-8H,5-6H2,1-4H3. The lowest BCUT2D eigenvalue weighted by Gasteiger charge is -2.22. The topological polar surface area (TPSA) is 22.4 Å². The molecule has 0 aliphatic carbocycles. The number of hydrogen-bond acceptors (Lipinski definition) is 3. The molecule has 2 rings (SSSR count). The molecule has 3 heteroatoms. The number of ether oxygens (including phenoxy) is 1. The third-order valence-corrected chi connectivity index (χ3v) is 4.13. The average Bonchev–Trinajstić information content (AvgIpc) is 2.58. The minimum Gasteiger partial charge on any atom is -0.465 e. The predicted molar refractivity (Wildman–Crippen MR) is 62.2 cm³/mol. The molecule has 84 valence electrons. The first-order valence-electron chi connectivity index (χ1n) is 5.42. The van der Waals surface area contributed by atoms with Gasteiger partial charge in [0.05, 0.1) is 11.0 Å². The van der Waals surface area contributed by atoms with E-state index in [4.69, 9.17) is 9.15 Å². The van der Waals surface area contributed by atoms with Crippen molar-refractivity contribution in [3.63, 3.8) is 0 Å². The average molecular weight is 226 g/mol. The molecule has 0 aromatic carbocycles. The van der Waals surface area contributed by atoms with Crippen LogP contribution in [-0.4, -0.2) is 11.0 Å². The summed E-state index contributed by atoms with van der Waals surface area (Å²) < 4.78 is 11.5. The fourth-order valence-corrected chi connectivity index (χ4v) is 3.33. The molecule has 1 fully saturated rings. The Morgan fingerprint density at radius 2 is 2.20 bits per heavy atom. The number of furan rings is 1. The van der Waals surface area contributed by atoms with Gasteiger partial charge in [0, 0.05) is 0 Å². The van der Waals surface area contributed by atoms with Crippen molar-refractivity contribution in [1.29, 1.82) is 0 Å². The Balaban J connectivity index is 2.11. The Kier molecular flexibility index (Phi) is 2.86. The van der Waals surface area contributed by atoms with Crippen LogP contribution in [0.25, 0.3) is 0 Å². The second kappa shape index (κ2) is 3.87. The second-order valence-corrected chi connectivity index (χ2v) is 5.99. The summed E-state index contributed by atoms with van der Waals surface area (Å²) in [4.78, 5) is 1.14. The Morgan fingerprint density at radius 1 is 1.47 bits per heavy atom. The van der Waals surface area contributed by atoms with E-state index in [9.17, 15) is 0 Å². The van der Waals surface area contributed by atoms with Crippen molar-refractivity contribution in [2.45, 2.75) is 56.5 Å². The van der Waals surface area contributed by atoms with Gasteiger partial charge in [-0.05, 0) is 46.6 Å². The zero-order chi connectivity index (χ0) is 11.1. The minimum absolute atomic E-state index is 0.0690. The highest BCUT2D eigenvalue weighted by molar-refractivity contribution is 8.00. The van der Waals surface area contributed by atoms with Crippen LogP contribution >= 0.6 is 11.8 Å². The summed E-state index contributed by atoms with van der Waals surface area (Å²) in [5, 5.41) is 0. The monoisotopic (exact) mass is 226 g/mol. The van der Waals surface area contributed by atoms with Crippen LogP contribution in [0.1, 0.15) is 38.2 Å². The molecule has 15 heavy (non-hydrogen) atoms. The molecular weight excluding hydrogens is 208 g/mol. The molecule has 0 bridgehead atoms. The molecule has 1 aliphatic rings. The van der Waals surface area contributed by atoms with E-state index >= 15 is 0 Å². The van der Waals surface area contributed by atoms with Crippen molar-refractivity contribution in [1.82, 2.24) is 0 Å². The van der Waals surface area contributed by atoms with Crippen LogP contribution in [0.5, 0.6) is 0 Å². The van der Waals surface area contributed by atoms with Gasteiger partial charge in [0.15, 0.2) is 0 Å². The summed E-state index contributed by atoms with van der Waals surface area (Å²) in [6.45, 7) is 8.30. The number of aryl methyl sites for hydroxylation is 2. The van der Waals surface area contributed by atoms with Gasteiger partial charge in [0.1, 0.15) is 16.5 Å². The second-order valence-electron chi connectivity index (χ2n) is 4.48. The first-order chi connectivity index (χ1) is 6.98. The van der Waals surface area contributed by atoms with Gasteiger partial charge in [-0.15, -0.1) is 0 Å². The van der Waals surface area contributed by atoms with Crippen LogP contribution < -0.4 is 0 Å². The zero-order valence-electron chi connectivity index (χ0n) is 9.79. The lowest BCUT2D eigenvalue weighted by molar-refractivity contribution is 0.0438.